The van der Waals surface area contributed by atoms with Crippen LogP contribution in [0.4, 0.5) is 21.7 Å². The second-order valence-electron chi connectivity index (χ2n) is 5.28. The number of nitrogen functional groups attached to an aromatic ring is 2. The van der Waals surface area contributed by atoms with Gasteiger partial charge in [0.15, 0.2) is 5.16 Å². The van der Waals surface area contributed by atoms with Crippen molar-refractivity contribution in [1.82, 2.24) is 9.97 Å². The Morgan fingerprint density at radius 3 is 2.26 bits per heavy atom. The van der Waals surface area contributed by atoms with Crippen molar-refractivity contribution in [2.45, 2.75) is 24.3 Å². The lowest BCUT2D eigenvalue weighted by Gasteiger charge is -2.19. The number of carbonyl (C=O) groups excluding carboxylic acids is 1. The van der Waals surface area contributed by atoms with Crippen molar-refractivity contribution in [3.05, 3.63) is 36.1 Å². The number of nitrogens with one attached hydrogen (secondary N) is 1. The van der Waals surface area contributed by atoms with Crippen LogP contribution in [0.25, 0.3) is 0 Å². The molecule has 8 heteroatoms. The number of rotatable bonds is 5. The normalized spacial score (nSPS) is 12.2. The number of amides is 1. The standard InChI is InChI=1S/C15H18FN5OS/c1-8(2)13(23-15-20-11(17)7-12(18)21-15)14(22)19-10-5-3-9(16)4-6-10/h3-8,13H,1-2H3,(H,19,22)(H4,17,18,20,21)/t13-/m1/s1. The topological polar surface area (TPSA) is 107 Å². The first-order chi connectivity index (χ1) is 10.8. The summed E-state index contributed by atoms with van der Waals surface area (Å²) in [7, 11) is 0. The van der Waals surface area contributed by atoms with E-state index >= 15 is 0 Å². The monoisotopic (exact) mass is 335 g/mol. The highest BCUT2D eigenvalue weighted by atomic mass is 32.2. The van der Waals surface area contributed by atoms with Crippen LogP contribution in [0, 0.1) is 11.7 Å². The van der Waals surface area contributed by atoms with Crippen LogP contribution in [0.15, 0.2) is 35.5 Å². The molecule has 0 radical (unpaired) electrons. The molecule has 0 aliphatic rings. The van der Waals surface area contributed by atoms with Gasteiger partial charge in [-0.05, 0) is 30.2 Å². The highest BCUT2D eigenvalue weighted by Crippen LogP contribution is 2.28. The van der Waals surface area contributed by atoms with Gasteiger partial charge in [-0.1, -0.05) is 25.6 Å². The fraction of sp³-hybridized carbons (Fsp3) is 0.267. The van der Waals surface area contributed by atoms with Crippen LogP contribution < -0.4 is 16.8 Å². The molecule has 0 bridgehead atoms. The third-order valence-corrected chi connectivity index (χ3v) is 4.36. The summed E-state index contributed by atoms with van der Waals surface area (Å²) < 4.78 is 12.9. The number of hydrogen-bond acceptors (Lipinski definition) is 6. The maximum absolute atomic E-state index is 12.9. The zero-order valence-electron chi connectivity index (χ0n) is 12.8. The van der Waals surface area contributed by atoms with Crippen molar-refractivity contribution in [1.29, 1.82) is 0 Å². The molecule has 0 fully saturated rings. The molecular formula is C15H18FN5OS. The van der Waals surface area contributed by atoms with Crippen molar-refractivity contribution < 1.29 is 9.18 Å². The zero-order chi connectivity index (χ0) is 17.0. The number of nitrogens with zero attached hydrogens (tertiary/aromatic N) is 2. The predicted octanol–water partition coefficient (Wildman–Crippen LogP) is 2.54. The van der Waals surface area contributed by atoms with Gasteiger partial charge in [-0.3, -0.25) is 4.79 Å². The number of halogens is 1. The number of benzene rings is 1. The fourth-order valence-corrected chi connectivity index (χ4v) is 2.85. The van der Waals surface area contributed by atoms with Crippen LogP contribution >= 0.6 is 11.8 Å². The summed E-state index contributed by atoms with van der Waals surface area (Å²) in [4.78, 5) is 20.6. The molecule has 122 valence electrons. The first kappa shape index (κ1) is 17.0. The highest BCUT2D eigenvalue weighted by Gasteiger charge is 2.25. The molecule has 0 aliphatic carbocycles. The highest BCUT2D eigenvalue weighted by molar-refractivity contribution is 8.00. The van der Waals surface area contributed by atoms with E-state index in [2.05, 4.69) is 15.3 Å². The molecule has 1 heterocycles. The number of carbonyl (C=O) groups is 1. The predicted molar refractivity (Wildman–Crippen MR) is 90.4 cm³/mol. The molecule has 1 aromatic heterocycles. The van der Waals surface area contributed by atoms with Crippen LogP contribution in [0.3, 0.4) is 0 Å². The van der Waals surface area contributed by atoms with Gasteiger partial charge in [-0.25, -0.2) is 14.4 Å². The molecule has 0 saturated carbocycles. The van der Waals surface area contributed by atoms with E-state index in [1.165, 1.54) is 42.1 Å². The van der Waals surface area contributed by atoms with Crippen LogP contribution in [0.2, 0.25) is 0 Å². The Morgan fingerprint density at radius 2 is 1.74 bits per heavy atom. The maximum Gasteiger partial charge on any atom is 0.238 e. The van der Waals surface area contributed by atoms with Gasteiger partial charge in [-0.2, -0.15) is 0 Å². The molecule has 0 spiro atoms. The molecule has 0 aliphatic heterocycles. The zero-order valence-corrected chi connectivity index (χ0v) is 13.6. The van der Waals surface area contributed by atoms with Crippen molar-refractivity contribution >= 4 is 35.0 Å². The Labute approximate surface area is 137 Å². The van der Waals surface area contributed by atoms with Gasteiger partial charge in [-0.15, -0.1) is 0 Å². The molecule has 0 saturated heterocycles. The average molecular weight is 335 g/mol. The minimum absolute atomic E-state index is 0.0201. The number of nitrogens with two attached hydrogens (primary N) is 2. The lowest BCUT2D eigenvalue weighted by atomic mass is 10.1. The average Bonchev–Trinajstić information content (AvgIpc) is 2.45. The molecule has 2 aromatic rings. The Morgan fingerprint density at radius 1 is 1.17 bits per heavy atom. The van der Waals surface area contributed by atoms with E-state index in [9.17, 15) is 9.18 Å². The molecule has 2 rings (SSSR count). The molecule has 1 amide bonds. The van der Waals surface area contributed by atoms with Crippen molar-refractivity contribution in [3.8, 4) is 0 Å². The summed E-state index contributed by atoms with van der Waals surface area (Å²) in [5.41, 5.74) is 11.8. The SMILES string of the molecule is CC(C)[C@@H](Sc1nc(N)cc(N)n1)C(=O)Nc1ccc(F)cc1. The van der Waals surface area contributed by atoms with E-state index in [0.717, 1.165) is 0 Å². The maximum atomic E-state index is 12.9. The van der Waals surface area contributed by atoms with E-state index in [1.54, 1.807) is 0 Å². The lowest BCUT2D eigenvalue weighted by Crippen LogP contribution is -2.29. The van der Waals surface area contributed by atoms with Crippen molar-refractivity contribution in [2.24, 2.45) is 5.92 Å². The van der Waals surface area contributed by atoms with E-state index in [4.69, 9.17) is 11.5 Å². The molecule has 1 atom stereocenters. The summed E-state index contributed by atoms with van der Waals surface area (Å²) >= 11 is 1.19. The Kier molecular flexibility index (Phi) is 5.38. The second kappa shape index (κ2) is 7.28. The van der Waals surface area contributed by atoms with Gasteiger partial charge in [0.2, 0.25) is 5.91 Å². The third-order valence-electron chi connectivity index (χ3n) is 2.95. The Bertz CT molecular complexity index is 673. The summed E-state index contributed by atoms with van der Waals surface area (Å²) in [6.45, 7) is 3.83. The van der Waals surface area contributed by atoms with Crippen LogP contribution in [0.1, 0.15) is 13.8 Å². The number of thioether (sulfide) groups is 1. The van der Waals surface area contributed by atoms with Gasteiger partial charge in [0, 0.05) is 11.8 Å². The molecule has 23 heavy (non-hydrogen) atoms. The second-order valence-corrected chi connectivity index (χ2v) is 6.39. The number of hydrogen-bond donors (Lipinski definition) is 3. The van der Waals surface area contributed by atoms with E-state index in [0.29, 0.717) is 10.8 Å². The summed E-state index contributed by atoms with van der Waals surface area (Å²) in [6.07, 6.45) is 0. The number of aromatic nitrogens is 2. The summed E-state index contributed by atoms with van der Waals surface area (Å²) in [6, 6.07) is 7.03. The number of anilines is 3. The Balaban J connectivity index is 2.13. The van der Waals surface area contributed by atoms with E-state index in [-0.39, 0.29) is 29.3 Å². The smallest absolute Gasteiger partial charge is 0.238 e. The van der Waals surface area contributed by atoms with E-state index in [1.807, 2.05) is 13.8 Å². The molecular weight excluding hydrogens is 317 g/mol. The third kappa shape index (κ3) is 4.82. The largest absolute Gasteiger partial charge is 0.383 e. The quantitative estimate of drug-likeness (QED) is 0.572. The van der Waals surface area contributed by atoms with E-state index < -0.39 is 5.25 Å². The van der Waals surface area contributed by atoms with Gasteiger partial charge >= 0.3 is 0 Å². The van der Waals surface area contributed by atoms with Gasteiger partial charge in [0.25, 0.3) is 0 Å². The lowest BCUT2D eigenvalue weighted by molar-refractivity contribution is -0.116. The minimum Gasteiger partial charge on any atom is -0.383 e. The van der Waals surface area contributed by atoms with Gasteiger partial charge < -0.3 is 16.8 Å². The summed E-state index contributed by atoms with van der Waals surface area (Å²) in [5, 5.41) is 2.66. The van der Waals surface area contributed by atoms with Gasteiger partial charge in [0.05, 0.1) is 5.25 Å². The van der Waals surface area contributed by atoms with Crippen molar-refractivity contribution in [2.75, 3.05) is 16.8 Å². The first-order valence-electron chi connectivity index (χ1n) is 6.98. The van der Waals surface area contributed by atoms with Crippen LogP contribution in [0.5, 0.6) is 0 Å². The molecule has 1 aromatic carbocycles. The minimum atomic E-state index is -0.443. The van der Waals surface area contributed by atoms with Crippen LogP contribution in [-0.4, -0.2) is 21.1 Å². The summed E-state index contributed by atoms with van der Waals surface area (Å²) in [5.74, 6) is -0.0581. The fourth-order valence-electron chi connectivity index (χ4n) is 1.87. The first-order valence-corrected chi connectivity index (χ1v) is 7.86. The van der Waals surface area contributed by atoms with Crippen molar-refractivity contribution in [3.63, 3.8) is 0 Å². The molecule has 0 unspecified atom stereocenters. The van der Waals surface area contributed by atoms with Crippen LogP contribution in [-0.2, 0) is 4.79 Å². The van der Waals surface area contributed by atoms with Gasteiger partial charge in [0.1, 0.15) is 17.5 Å². The Hall–Kier alpha value is -2.35. The molecule has 5 N–H and O–H groups in total. The molecule has 6 nitrogen and oxygen atoms in total.